The highest BCUT2D eigenvalue weighted by Gasteiger charge is 2.38. The number of furan rings is 1. The summed E-state index contributed by atoms with van der Waals surface area (Å²) in [5.41, 5.74) is 6.93. The zero-order valence-electron chi connectivity index (χ0n) is 16.7. The van der Waals surface area contributed by atoms with E-state index in [1.807, 2.05) is 0 Å². The van der Waals surface area contributed by atoms with Gasteiger partial charge in [0.15, 0.2) is 0 Å². The van der Waals surface area contributed by atoms with E-state index >= 15 is 0 Å². The van der Waals surface area contributed by atoms with Gasteiger partial charge in [0.1, 0.15) is 11.2 Å². The smallest absolute Gasteiger partial charge is 0.135 e. The van der Waals surface area contributed by atoms with Crippen LogP contribution in [0, 0.1) is 0 Å². The van der Waals surface area contributed by atoms with Gasteiger partial charge in [-0.3, -0.25) is 0 Å². The Morgan fingerprint density at radius 1 is 0.840 bits per heavy atom. The first-order valence-electron chi connectivity index (χ1n) is 9.51. The molecule has 1 aliphatic rings. The molecule has 3 aromatic rings. The molecule has 0 aliphatic heterocycles. The molecule has 0 fully saturated rings. The van der Waals surface area contributed by atoms with Crippen molar-refractivity contribution < 1.29 is 4.42 Å². The molecule has 0 unspecified atom stereocenters. The van der Waals surface area contributed by atoms with Crippen molar-refractivity contribution in [2.24, 2.45) is 0 Å². The van der Waals surface area contributed by atoms with Gasteiger partial charge in [0, 0.05) is 10.8 Å². The molecule has 0 radical (unpaired) electrons. The van der Waals surface area contributed by atoms with Gasteiger partial charge < -0.3 is 4.42 Å². The molecular weight excluding hydrogens is 304 g/mol. The molecule has 1 heteroatoms. The van der Waals surface area contributed by atoms with Gasteiger partial charge in [0.25, 0.3) is 0 Å². The summed E-state index contributed by atoms with van der Waals surface area (Å²) in [5, 5.41) is 2.58. The third-order valence-corrected chi connectivity index (χ3v) is 6.28. The maximum atomic E-state index is 6.32. The molecule has 0 saturated carbocycles. The first-order valence-corrected chi connectivity index (χ1v) is 9.51. The maximum absolute atomic E-state index is 6.32. The largest absolute Gasteiger partial charge is 0.456 e. The maximum Gasteiger partial charge on any atom is 0.135 e. The van der Waals surface area contributed by atoms with Crippen LogP contribution in [0.3, 0.4) is 0 Å². The summed E-state index contributed by atoms with van der Waals surface area (Å²) in [7, 11) is 0. The SMILES string of the molecule is CC(C)(C)c1cccc2oc3cc4c(cc3c12)C(C)(C)CCC4(C)C. The molecule has 0 N–H and O–H groups in total. The molecule has 1 aromatic heterocycles. The quantitative estimate of drug-likeness (QED) is 0.422. The molecular formula is C24H30O. The van der Waals surface area contributed by atoms with E-state index < -0.39 is 0 Å². The minimum atomic E-state index is 0.0982. The molecule has 0 saturated heterocycles. The Kier molecular flexibility index (Phi) is 3.27. The molecule has 0 spiro atoms. The van der Waals surface area contributed by atoms with Crippen LogP contribution in [-0.2, 0) is 16.2 Å². The second kappa shape index (κ2) is 4.90. The van der Waals surface area contributed by atoms with Crippen molar-refractivity contribution >= 4 is 21.9 Å². The number of rotatable bonds is 0. The number of hydrogen-bond donors (Lipinski definition) is 0. The van der Waals surface area contributed by atoms with E-state index in [0.717, 1.165) is 11.2 Å². The van der Waals surface area contributed by atoms with Crippen molar-refractivity contribution in [3.05, 3.63) is 47.0 Å². The molecule has 1 nitrogen and oxygen atoms in total. The molecule has 25 heavy (non-hydrogen) atoms. The average Bonchev–Trinajstić information content (AvgIpc) is 2.87. The lowest BCUT2D eigenvalue weighted by Gasteiger charge is -2.41. The number of hydrogen-bond acceptors (Lipinski definition) is 1. The van der Waals surface area contributed by atoms with E-state index in [0.29, 0.717) is 0 Å². The fourth-order valence-electron chi connectivity index (χ4n) is 4.51. The highest BCUT2D eigenvalue weighted by Crippen LogP contribution is 2.48. The van der Waals surface area contributed by atoms with Gasteiger partial charge in [-0.1, -0.05) is 60.6 Å². The molecule has 0 bridgehead atoms. The second-order valence-electron chi connectivity index (χ2n) is 10.2. The molecule has 1 heterocycles. The monoisotopic (exact) mass is 334 g/mol. The lowest BCUT2D eigenvalue weighted by atomic mass is 9.63. The van der Waals surface area contributed by atoms with E-state index in [4.69, 9.17) is 4.42 Å². The zero-order valence-corrected chi connectivity index (χ0v) is 16.7. The van der Waals surface area contributed by atoms with Gasteiger partial charge >= 0.3 is 0 Å². The van der Waals surface area contributed by atoms with Crippen LogP contribution in [0.4, 0.5) is 0 Å². The average molecular weight is 335 g/mol. The Hall–Kier alpha value is -1.76. The lowest BCUT2D eigenvalue weighted by Crippen LogP contribution is -2.33. The second-order valence-corrected chi connectivity index (χ2v) is 10.2. The number of fused-ring (bicyclic) bond motifs is 4. The molecule has 1 aliphatic carbocycles. The van der Waals surface area contributed by atoms with Crippen LogP contribution in [0.1, 0.15) is 78.0 Å². The van der Waals surface area contributed by atoms with Crippen molar-refractivity contribution in [1.29, 1.82) is 0 Å². The molecule has 0 amide bonds. The fourth-order valence-corrected chi connectivity index (χ4v) is 4.51. The lowest BCUT2D eigenvalue weighted by molar-refractivity contribution is 0.332. The van der Waals surface area contributed by atoms with Crippen molar-refractivity contribution in [3.63, 3.8) is 0 Å². The first-order chi connectivity index (χ1) is 11.5. The summed E-state index contributed by atoms with van der Waals surface area (Å²) in [5.74, 6) is 0. The third kappa shape index (κ3) is 2.43. The van der Waals surface area contributed by atoms with Gasteiger partial charge in [0.2, 0.25) is 0 Å². The molecule has 0 atom stereocenters. The Balaban J connectivity index is 2.14. The van der Waals surface area contributed by atoms with Crippen molar-refractivity contribution in [3.8, 4) is 0 Å². The Bertz CT molecular complexity index is 977. The van der Waals surface area contributed by atoms with Gasteiger partial charge in [-0.05, 0) is 64.0 Å². The van der Waals surface area contributed by atoms with Gasteiger partial charge in [-0.25, -0.2) is 0 Å². The highest BCUT2D eigenvalue weighted by atomic mass is 16.3. The zero-order chi connectivity index (χ0) is 18.2. The molecule has 4 rings (SSSR count). The predicted octanol–water partition coefficient (Wildman–Crippen LogP) is 7.23. The normalized spacial score (nSPS) is 19.3. The van der Waals surface area contributed by atoms with Crippen LogP contribution >= 0.6 is 0 Å². The Morgan fingerprint density at radius 3 is 2.04 bits per heavy atom. The van der Waals surface area contributed by atoms with Gasteiger partial charge in [-0.2, -0.15) is 0 Å². The third-order valence-electron chi connectivity index (χ3n) is 6.28. The van der Waals surface area contributed by atoms with E-state index in [2.05, 4.69) is 78.8 Å². The summed E-state index contributed by atoms with van der Waals surface area (Å²) in [6.07, 6.45) is 2.46. The van der Waals surface area contributed by atoms with Crippen LogP contribution in [0.5, 0.6) is 0 Å². The fraction of sp³-hybridized carbons (Fsp3) is 0.500. The standard InChI is InChI=1S/C24H30O/c1-22(2,3)16-9-8-10-19-21(16)15-13-17-18(14-20(15)25-19)24(6,7)12-11-23(17,4)5/h8-10,13-14H,11-12H2,1-7H3. The van der Waals surface area contributed by atoms with E-state index in [1.54, 1.807) is 0 Å². The Labute approximate surface area is 151 Å². The minimum absolute atomic E-state index is 0.0982. The van der Waals surface area contributed by atoms with Crippen LogP contribution in [0.25, 0.3) is 21.9 Å². The van der Waals surface area contributed by atoms with Gasteiger partial charge in [0.05, 0.1) is 0 Å². The summed E-state index contributed by atoms with van der Waals surface area (Å²) >= 11 is 0. The predicted molar refractivity (Wildman–Crippen MR) is 108 cm³/mol. The van der Waals surface area contributed by atoms with Gasteiger partial charge in [-0.15, -0.1) is 0 Å². The molecule has 132 valence electrons. The Morgan fingerprint density at radius 2 is 1.44 bits per heavy atom. The first kappa shape index (κ1) is 16.7. The summed E-state index contributed by atoms with van der Waals surface area (Å²) in [4.78, 5) is 0. The van der Waals surface area contributed by atoms with Crippen LogP contribution < -0.4 is 0 Å². The number of benzene rings is 2. The van der Waals surface area contributed by atoms with Crippen LogP contribution in [0.15, 0.2) is 34.7 Å². The molecule has 2 aromatic carbocycles. The van der Waals surface area contributed by atoms with E-state index in [1.165, 1.54) is 40.3 Å². The van der Waals surface area contributed by atoms with Crippen molar-refractivity contribution in [1.82, 2.24) is 0 Å². The van der Waals surface area contributed by atoms with E-state index in [-0.39, 0.29) is 16.2 Å². The van der Waals surface area contributed by atoms with Crippen LogP contribution in [-0.4, -0.2) is 0 Å². The van der Waals surface area contributed by atoms with Crippen molar-refractivity contribution in [2.45, 2.75) is 77.6 Å². The summed E-state index contributed by atoms with van der Waals surface area (Å²) in [6.45, 7) is 16.4. The minimum Gasteiger partial charge on any atom is -0.456 e. The van der Waals surface area contributed by atoms with E-state index in [9.17, 15) is 0 Å². The van der Waals surface area contributed by atoms with Crippen molar-refractivity contribution in [2.75, 3.05) is 0 Å². The summed E-state index contributed by atoms with van der Waals surface area (Å²) in [6, 6.07) is 11.3. The topological polar surface area (TPSA) is 13.1 Å². The van der Waals surface area contributed by atoms with Crippen LogP contribution in [0.2, 0.25) is 0 Å². The summed E-state index contributed by atoms with van der Waals surface area (Å²) < 4.78 is 6.32. The highest BCUT2D eigenvalue weighted by molar-refractivity contribution is 6.07.